The lowest BCUT2D eigenvalue weighted by Crippen LogP contribution is -2.19. The molecule has 0 heterocycles. The largest absolute Gasteiger partial charge is 0.324 e. The first-order chi connectivity index (χ1) is 8.58. The number of rotatable bonds is 3. The molecule has 0 spiro atoms. The second-order valence-electron chi connectivity index (χ2n) is 5.80. The Morgan fingerprint density at radius 1 is 1.17 bits per heavy atom. The van der Waals surface area contributed by atoms with Crippen LogP contribution in [0.2, 0.25) is 0 Å². The Bertz CT molecular complexity index is 385. The summed E-state index contributed by atoms with van der Waals surface area (Å²) in [5.74, 6) is 0.608. The highest BCUT2D eigenvalue weighted by atomic mass is 19.1. The molecule has 1 aromatic rings. The molecule has 0 amide bonds. The van der Waals surface area contributed by atoms with Gasteiger partial charge < -0.3 is 5.73 Å². The normalized spacial score (nSPS) is 18.9. The van der Waals surface area contributed by atoms with Gasteiger partial charge in [0.25, 0.3) is 0 Å². The van der Waals surface area contributed by atoms with Gasteiger partial charge in [0.1, 0.15) is 5.82 Å². The molecule has 1 fully saturated rings. The monoisotopic (exact) mass is 249 g/mol. The van der Waals surface area contributed by atoms with E-state index >= 15 is 0 Å². The molecule has 1 unspecified atom stereocenters. The number of nitrogens with two attached hydrogens (primary N) is 1. The Morgan fingerprint density at radius 3 is 2.28 bits per heavy atom. The van der Waals surface area contributed by atoms with Gasteiger partial charge in [-0.25, -0.2) is 4.39 Å². The number of aryl methyl sites for hydroxylation is 2. The Labute approximate surface area is 110 Å². The Morgan fingerprint density at radius 2 is 1.72 bits per heavy atom. The summed E-state index contributed by atoms with van der Waals surface area (Å²) in [6, 6.07) is 3.26. The van der Waals surface area contributed by atoms with Gasteiger partial charge in [0.2, 0.25) is 0 Å². The van der Waals surface area contributed by atoms with E-state index in [9.17, 15) is 4.39 Å². The number of benzene rings is 1. The van der Waals surface area contributed by atoms with Crippen LogP contribution in [-0.4, -0.2) is 0 Å². The van der Waals surface area contributed by atoms with Crippen LogP contribution in [0.1, 0.15) is 61.3 Å². The Balaban J connectivity index is 2.10. The molecule has 1 aliphatic rings. The van der Waals surface area contributed by atoms with Crippen molar-refractivity contribution in [2.45, 2.75) is 58.4 Å². The molecule has 0 aromatic heterocycles. The van der Waals surface area contributed by atoms with Crippen LogP contribution in [0.3, 0.4) is 0 Å². The zero-order valence-corrected chi connectivity index (χ0v) is 11.5. The number of hydrogen-bond donors (Lipinski definition) is 1. The molecule has 18 heavy (non-hydrogen) atoms. The van der Waals surface area contributed by atoms with Gasteiger partial charge >= 0.3 is 0 Å². The Hall–Kier alpha value is -0.890. The van der Waals surface area contributed by atoms with Crippen LogP contribution in [0.5, 0.6) is 0 Å². The van der Waals surface area contributed by atoms with Crippen molar-refractivity contribution >= 4 is 0 Å². The third kappa shape index (κ3) is 3.11. The summed E-state index contributed by atoms with van der Waals surface area (Å²) >= 11 is 0. The van der Waals surface area contributed by atoms with Crippen molar-refractivity contribution in [3.63, 3.8) is 0 Å². The molecule has 0 aliphatic heterocycles. The lowest BCUT2D eigenvalue weighted by Gasteiger charge is -2.26. The highest BCUT2D eigenvalue weighted by Crippen LogP contribution is 2.33. The molecule has 100 valence electrons. The molecule has 2 rings (SSSR count). The summed E-state index contributed by atoms with van der Waals surface area (Å²) in [4.78, 5) is 0. The summed E-state index contributed by atoms with van der Waals surface area (Å²) in [5.41, 5.74) is 9.50. The summed E-state index contributed by atoms with van der Waals surface area (Å²) in [7, 11) is 0. The van der Waals surface area contributed by atoms with Crippen molar-refractivity contribution in [2.75, 3.05) is 0 Å². The van der Waals surface area contributed by atoms with Crippen LogP contribution >= 0.6 is 0 Å². The maximum atomic E-state index is 13.3. The first kappa shape index (κ1) is 13.5. The minimum Gasteiger partial charge on any atom is -0.324 e. The smallest absolute Gasteiger partial charge is 0.123 e. The molecule has 0 radical (unpaired) electrons. The highest BCUT2D eigenvalue weighted by molar-refractivity contribution is 5.36. The fourth-order valence-corrected chi connectivity index (χ4v) is 3.41. The van der Waals surface area contributed by atoms with Crippen LogP contribution in [0.25, 0.3) is 0 Å². The molecule has 1 saturated carbocycles. The molecule has 1 nitrogen and oxygen atoms in total. The van der Waals surface area contributed by atoms with Gasteiger partial charge in [-0.15, -0.1) is 0 Å². The average Bonchev–Trinajstić information content (AvgIpc) is 2.28. The summed E-state index contributed by atoms with van der Waals surface area (Å²) in [6.07, 6.45) is 7.74. The third-order valence-electron chi connectivity index (χ3n) is 4.24. The summed E-state index contributed by atoms with van der Waals surface area (Å²) in [5, 5.41) is 0. The van der Waals surface area contributed by atoms with Crippen molar-refractivity contribution < 1.29 is 4.39 Å². The van der Waals surface area contributed by atoms with Crippen LogP contribution in [0.4, 0.5) is 4.39 Å². The van der Waals surface area contributed by atoms with Crippen LogP contribution in [-0.2, 0) is 0 Å². The van der Waals surface area contributed by atoms with Crippen molar-refractivity contribution in [2.24, 2.45) is 11.7 Å². The molecular formula is C16H24FN. The summed E-state index contributed by atoms with van der Waals surface area (Å²) in [6.45, 7) is 3.93. The maximum absolute atomic E-state index is 13.3. The molecule has 1 aliphatic carbocycles. The van der Waals surface area contributed by atoms with Gasteiger partial charge in [0.05, 0.1) is 0 Å². The van der Waals surface area contributed by atoms with Gasteiger partial charge in [0, 0.05) is 6.04 Å². The first-order valence-electron chi connectivity index (χ1n) is 7.10. The van der Waals surface area contributed by atoms with E-state index in [0.29, 0.717) is 0 Å². The minimum absolute atomic E-state index is 0.0636. The van der Waals surface area contributed by atoms with Crippen LogP contribution in [0.15, 0.2) is 12.1 Å². The van der Waals surface area contributed by atoms with E-state index in [2.05, 4.69) is 0 Å². The SMILES string of the molecule is Cc1cc(F)cc(C)c1C(N)CC1CCCCC1. The van der Waals surface area contributed by atoms with E-state index in [4.69, 9.17) is 5.73 Å². The maximum Gasteiger partial charge on any atom is 0.123 e. The predicted octanol–water partition coefficient (Wildman–Crippen LogP) is 4.41. The van der Waals surface area contributed by atoms with Crippen molar-refractivity contribution in [3.05, 3.63) is 34.6 Å². The zero-order valence-electron chi connectivity index (χ0n) is 11.5. The van der Waals surface area contributed by atoms with Gasteiger partial charge in [0.15, 0.2) is 0 Å². The van der Waals surface area contributed by atoms with Gasteiger partial charge in [-0.3, -0.25) is 0 Å². The van der Waals surface area contributed by atoms with Gasteiger partial charge in [-0.2, -0.15) is 0 Å². The Kier molecular flexibility index (Phi) is 4.39. The molecule has 0 saturated heterocycles. The van der Waals surface area contributed by atoms with Gasteiger partial charge in [-0.05, 0) is 55.0 Å². The fourth-order valence-electron chi connectivity index (χ4n) is 3.41. The zero-order chi connectivity index (χ0) is 13.1. The minimum atomic E-state index is -0.154. The standard InChI is InChI=1S/C16H24FN/c1-11-8-14(17)9-12(2)16(11)15(18)10-13-6-4-3-5-7-13/h8-9,13,15H,3-7,10,18H2,1-2H3. The molecule has 1 aromatic carbocycles. The molecular weight excluding hydrogens is 225 g/mol. The molecule has 2 heteroatoms. The van der Waals surface area contributed by atoms with E-state index in [1.165, 1.54) is 32.1 Å². The topological polar surface area (TPSA) is 26.0 Å². The van der Waals surface area contributed by atoms with E-state index < -0.39 is 0 Å². The summed E-state index contributed by atoms with van der Waals surface area (Å²) < 4.78 is 13.3. The number of hydrogen-bond acceptors (Lipinski definition) is 1. The quantitative estimate of drug-likeness (QED) is 0.843. The van der Waals surface area contributed by atoms with E-state index in [-0.39, 0.29) is 11.9 Å². The predicted molar refractivity (Wildman–Crippen MR) is 74.0 cm³/mol. The van der Waals surface area contributed by atoms with E-state index in [1.54, 1.807) is 12.1 Å². The number of halogens is 1. The van der Waals surface area contributed by atoms with Crippen molar-refractivity contribution in [3.8, 4) is 0 Å². The second kappa shape index (κ2) is 5.83. The van der Waals surface area contributed by atoms with Crippen molar-refractivity contribution in [1.29, 1.82) is 0 Å². The van der Waals surface area contributed by atoms with E-state index in [0.717, 1.165) is 29.0 Å². The van der Waals surface area contributed by atoms with Gasteiger partial charge in [-0.1, -0.05) is 32.1 Å². The lowest BCUT2D eigenvalue weighted by molar-refractivity contribution is 0.318. The lowest BCUT2D eigenvalue weighted by atomic mass is 9.82. The third-order valence-corrected chi connectivity index (χ3v) is 4.24. The molecule has 2 N–H and O–H groups in total. The average molecular weight is 249 g/mol. The molecule has 1 atom stereocenters. The van der Waals surface area contributed by atoms with E-state index in [1.807, 2.05) is 13.8 Å². The first-order valence-corrected chi connectivity index (χ1v) is 7.10. The highest BCUT2D eigenvalue weighted by Gasteiger charge is 2.20. The van der Waals surface area contributed by atoms with Crippen LogP contribution < -0.4 is 5.73 Å². The molecule has 0 bridgehead atoms. The van der Waals surface area contributed by atoms with Crippen molar-refractivity contribution in [1.82, 2.24) is 0 Å². The second-order valence-corrected chi connectivity index (χ2v) is 5.80. The van der Waals surface area contributed by atoms with Crippen LogP contribution in [0, 0.1) is 25.6 Å². The fraction of sp³-hybridized carbons (Fsp3) is 0.625.